The predicted octanol–water partition coefficient (Wildman–Crippen LogP) is 0.642. The minimum atomic E-state index is -1.90. The van der Waals surface area contributed by atoms with Gasteiger partial charge in [-0.15, -0.1) is 11.8 Å². The Bertz CT molecular complexity index is 4850. The highest BCUT2D eigenvalue weighted by Crippen LogP contribution is 2.24. The molecular formula is C90H121N19O18S. The van der Waals surface area contributed by atoms with Crippen LogP contribution >= 0.6 is 11.8 Å². The van der Waals surface area contributed by atoms with Crippen LogP contribution in [0.3, 0.4) is 0 Å². The monoisotopic (exact) mass is 1790 g/mol. The molecule has 7 rings (SSSR count). The summed E-state index contributed by atoms with van der Waals surface area (Å²) < 4.78 is 0. The van der Waals surface area contributed by atoms with Gasteiger partial charge in [0, 0.05) is 96.7 Å². The van der Waals surface area contributed by atoms with Crippen LogP contribution in [0.2, 0.25) is 0 Å². The van der Waals surface area contributed by atoms with Crippen LogP contribution in [0, 0.1) is 17.2 Å². The molecule has 37 nitrogen and oxygen atoms in total. The molecule has 15 amide bonds. The number of rotatable bonds is 25. The number of nitrogens with one attached hydrogen (secondary N) is 12. The first-order valence-electron chi connectivity index (χ1n) is 42.4. The Morgan fingerprint density at radius 3 is 1.55 bits per heavy atom. The number of guanidine groups is 1. The normalized spacial score (nSPS) is 22.0. The first-order chi connectivity index (χ1) is 60.8. The number of aliphatic carboxylic acids is 1. The Morgan fingerprint density at radius 2 is 0.984 bits per heavy atom. The van der Waals surface area contributed by atoms with Crippen LogP contribution in [-0.4, -0.2) is 280 Å². The lowest BCUT2D eigenvalue weighted by Crippen LogP contribution is -2.61. The molecule has 1 aliphatic rings. The van der Waals surface area contributed by atoms with E-state index < -0.39 is 205 Å². The summed E-state index contributed by atoms with van der Waals surface area (Å²) in [6, 6.07) is 21.6. The number of amides is 15. The zero-order valence-electron chi connectivity index (χ0n) is 73.8. The molecule has 0 radical (unpaired) electrons. The van der Waals surface area contributed by atoms with Crippen LogP contribution in [0.1, 0.15) is 107 Å². The van der Waals surface area contributed by atoms with E-state index in [2.05, 4.69) is 58.2 Å². The molecule has 6 aromatic rings. The molecule has 1 fully saturated rings. The lowest BCUT2D eigenvalue weighted by atomic mass is 9.98. The fraction of sp³-hybridized carbons (Fsp3) is 0.456. The number of hydrogen-bond donors (Lipinski definition) is 16. The van der Waals surface area contributed by atoms with Crippen LogP contribution < -0.4 is 64.6 Å². The van der Waals surface area contributed by atoms with Gasteiger partial charge in [0.15, 0.2) is 5.96 Å². The molecule has 690 valence electrons. The van der Waals surface area contributed by atoms with Crippen LogP contribution in [0.25, 0.3) is 10.9 Å². The maximum absolute atomic E-state index is 15.5. The second kappa shape index (κ2) is 50.1. The highest BCUT2D eigenvalue weighted by atomic mass is 32.2. The van der Waals surface area contributed by atoms with Crippen molar-refractivity contribution in [2.45, 2.75) is 178 Å². The number of fused-ring (bicyclic) bond motifs is 1. The number of carbonyl (C=O) groups excluding carboxylic acids is 15. The molecule has 1 aliphatic heterocycles. The number of aromatic nitrogens is 1. The molecule has 18 N–H and O–H groups in total. The number of aromatic hydroxyl groups is 1. The van der Waals surface area contributed by atoms with E-state index in [1.54, 1.807) is 149 Å². The van der Waals surface area contributed by atoms with E-state index in [0.717, 1.165) is 26.5 Å². The zero-order chi connectivity index (χ0) is 94.0. The van der Waals surface area contributed by atoms with Gasteiger partial charge in [-0.05, 0) is 83.5 Å². The van der Waals surface area contributed by atoms with Crippen molar-refractivity contribution < 1.29 is 86.9 Å². The molecule has 1 unspecified atom stereocenters. The van der Waals surface area contributed by atoms with Crippen LogP contribution in [0.5, 0.6) is 5.75 Å². The van der Waals surface area contributed by atoms with Gasteiger partial charge >= 0.3 is 5.97 Å². The molecule has 0 aliphatic carbocycles. The number of benzene rings is 5. The summed E-state index contributed by atoms with van der Waals surface area (Å²) in [6.07, 6.45) is 0.276. The Balaban J connectivity index is 1.33. The van der Waals surface area contributed by atoms with Gasteiger partial charge in [0.25, 0.3) is 0 Å². The number of hydrogen-bond acceptors (Lipinski definition) is 19. The van der Waals surface area contributed by atoms with Crippen LogP contribution in [0.15, 0.2) is 146 Å². The van der Waals surface area contributed by atoms with Crippen molar-refractivity contribution in [3.05, 3.63) is 174 Å². The van der Waals surface area contributed by atoms with Crippen LogP contribution in [0.4, 0.5) is 0 Å². The molecule has 38 heteroatoms. The summed E-state index contributed by atoms with van der Waals surface area (Å²) in [4.78, 5) is 243. The summed E-state index contributed by atoms with van der Waals surface area (Å²) >= 11 is 0.828. The number of phenolic OH excluding ortho intramolecular Hbond substituents is 1. The fourth-order valence-corrected chi connectivity index (χ4v) is 15.5. The minimum Gasteiger partial charge on any atom is -0.508 e. The number of unbranched alkanes of at least 4 members (excludes halogenated alkanes) is 1. The zero-order valence-corrected chi connectivity index (χ0v) is 74.6. The van der Waals surface area contributed by atoms with Gasteiger partial charge in [-0.25, -0.2) is 0 Å². The Morgan fingerprint density at radius 1 is 0.492 bits per heavy atom. The van der Waals surface area contributed by atoms with Crippen molar-refractivity contribution in [2.24, 2.45) is 23.3 Å². The largest absolute Gasteiger partial charge is 0.508 e. The van der Waals surface area contributed by atoms with Crippen molar-refractivity contribution in [1.82, 2.24) is 82.7 Å². The lowest BCUT2D eigenvalue weighted by molar-refractivity contribution is -0.151. The number of carboxylic acid groups (broad SMARTS) is 1. The molecule has 1 aromatic heterocycles. The maximum Gasteiger partial charge on any atom is 0.305 e. The molecule has 128 heavy (non-hydrogen) atoms. The molecule has 0 saturated carbocycles. The van der Waals surface area contributed by atoms with Gasteiger partial charge in [0.05, 0.1) is 31.8 Å². The maximum atomic E-state index is 15.5. The number of nitrogens with two attached hydrogens (primary N) is 2. The van der Waals surface area contributed by atoms with E-state index in [0.29, 0.717) is 51.6 Å². The number of para-hydroxylation sites is 1. The molecular weight excluding hydrogens is 1670 g/mol. The Kier molecular flexibility index (Phi) is 39.8. The first kappa shape index (κ1) is 102. The second-order valence-electron chi connectivity index (χ2n) is 32.7. The van der Waals surface area contributed by atoms with Gasteiger partial charge < -0.3 is 104 Å². The van der Waals surface area contributed by atoms with Crippen molar-refractivity contribution in [3.63, 3.8) is 0 Å². The lowest BCUT2D eigenvalue weighted by Gasteiger charge is -2.37. The SMILES string of the molecule is CCCC[C@H]1C(=O)N(C)CC(=O)N[C@@H](CC(=O)O)C(=O)NC(C(C)C)C(=O)N(C)[C@@H](Cc2ccccc2)C(=O)N[C@@H](CCCNC(=N)N)C(=O)N(C)CC(=O)N[C@@H](Cc2c[nH]c3ccccc23)C(=O)N[C@@H](Cc2ccc(O)cc2)C(=O)N[C@@H](CC(C)C)C(=O)N[C@H](C(=O)NCC(N)=O)CSCC(=O)N[C@@H](Cc2ccccc2)C(=O)N(C)[C@@H](Cc2ccccc2)C(=O)N1C. The average molecular weight is 1790 g/mol. The summed E-state index contributed by atoms with van der Waals surface area (Å²) in [6.45, 7) is 6.19. The van der Waals surface area contributed by atoms with E-state index in [9.17, 15) is 53.4 Å². The Labute approximate surface area is 748 Å². The highest BCUT2D eigenvalue weighted by Gasteiger charge is 2.42. The topological polar surface area (TPSA) is 542 Å². The number of primary amides is 1. The standard InChI is InChI=1S/C90H121N19O18S/c1-11-12-34-70-87(125)106(7)50-75(113)98-67(46-77(115)116)83(121)104-78(54(4)5)89(127)108(9)71(43-56-27-18-14-19-28-56)84(122)100-63(33-24-39-94-90(92)93)85(123)105(6)49-74(112)97-66(45-59-47-95-62-32-23-22-31-61(59)62)82(120)102-65(41-58-35-37-60(110)38-36-58)81(119)101-64(40-53(2)3)80(118)103-69(79(117)96-48-73(91)111)51-128-52-76(114)99-68(42-55-25-16-13-17-26-55)86(124)109(10)72(88(126)107(70)8)44-57-29-20-15-21-30-57/h13-23,25-32,35-38,47,53-54,63-72,78,95,110H,11-12,24,33-34,39-46,48-52H2,1-10H3,(H2,91,111)(H,96,117)(H,97,112)(H,98,113)(H,99,114)(H,100,122)(H,101,119)(H,102,120)(H,103,118)(H,104,121)(H,115,116)(H4,92,93,94)/t63-,64-,65-,66-,67-,68-,69-,70-,71-,72-,78?/m0/s1. The molecule has 2 heterocycles. The number of thioether (sulfide) groups is 1. The minimum absolute atomic E-state index is 0.0108. The number of nitrogens with zero attached hydrogens (tertiary/aromatic N) is 5. The number of phenols is 1. The number of aromatic amines is 1. The molecule has 5 aromatic carbocycles. The van der Waals surface area contributed by atoms with E-state index in [1.807, 2.05) is 6.92 Å². The third-order valence-electron chi connectivity index (χ3n) is 21.7. The van der Waals surface area contributed by atoms with Gasteiger partial charge in [0.2, 0.25) is 88.6 Å². The molecule has 0 bridgehead atoms. The van der Waals surface area contributed by atoms with Crippen molar-refractivity contribution in [2.75, 3.05) is 72.9 Å². The Hall–Kier alpha value is -13.4. The quantitative estimate of drug-likeness (QED) is 0.0212. The smallest absolute Gasteiger partial charge is 0.305 e. The first-order valence-corrected chi connectivity index (χ1v) is 43.6. The van der Waals surface area contributed by atoms with Gasteiger partial charge in [-0.3, -0.25) is 82.1 Å². The summed E-state index contributed by atoms with van der Waals surface area (Å²) in [5.41, 5.74) is 14.3. The summed E-state index contributed by atoms with van der Waals surface area (Å²) in [5, 5.41) is 55.6. The van der Waals surface area contributed by atoms with Crippen molar-refractivity contribution >= 4 is 123 Å². The predicted molar refractivity (Wildman–Crippen MR) is 479 cm³/mol. The van der Waals surface area contributed by atoms with Crippen LogP contribution in [-0.2, 0) is 109 Å². The number of likely N-dealkylation sites (N-methyl/N-ethyl adjacent to an activating group) is 5. The summed E-state index contributed by atoms with van der Waals surface area (Å²) in [5.74, 6) is -17.7. The second-order valence-corrected chi connectivity index (χ2v) is 33.7. The molecule has 11 atom stereocenters. The third kappa shape index (κ3) is 31.6. The van der Waals surface area contributed by atoms with Gasteiger partial charge in [0.1, 0.15) is 72.2 Å². The number of H-pyrrole nitrogens is 1. The van der Waals surface area contributed by atoms with E-state index >= 15 is 33.6 Å². The fourth-order valence-electron chi connectivity index (χ4n) is 14.7. The van der Waals surface area contributed by atoms with E-state index in [-0.39, 0.29) is 81.8 Å². The third-order valence-corrected chi connectivity index (χ3v) is 22.7. The van der Waals surface area contributed by atoms with Crippen molar-refractivity contribution in [1.29, 1.82) is 5.41 Å². The molecule has 1 saturated heterocycles. The van der Waals surface area contributed by atoms with Gasteiger partial charge in [-0.1, -0.05) is 169 Å². The highest BCUT2D eigenvalue weighted by molar-refractivity contribution is 8.00. The number of carbonyl (C=O) groups is 16. The summed E-state index contributed by atoms with van der Waals surface area (Å²) in [7, 11) is 6.53. The average Bonchev–Trinajstić information content (AvgIpc) is 1.80. The van der Waals surface area contributed by atoms with E-state index in [1.165, 1.54) is 69.3 Å². The van der Waals surface area contributed by atoms with E-state index in [4.69, 9.17) is 16.9 Å². The number of carboxylic acids is 1. The van der Waals surface area contributed by atoms with Gasteiger partial charge in [-0.2, -0.15) is 0 Å². The van der Waals surface area contributed by atoms with Crippen molar-refractivity contribution in [3.8, 4) is 5.75 Å². The molecule has 0 spiro atoms.